The zero-order valence-electron chi connectivity index (χ0n) is 17.8. The third-order valence-corrected chi connectivity index (χ3v) is 5.02. The summed E-state index contributed by atoms with van der Waals surface area (Å²) in [5, 5.41) is 3.76. The number of nitrogens with one attached hydrogen (secondary N) is 1. The molecule has 4 rings (SSSR count). The van der Waals surface area contributed by atoms with E-state index in [-0.39, 0.29) is 19.1 Å². The quantitative estimate of drug-likeness (QED) is 0.400. The number of ether oxygens (including phenoxy) is 2. The first-order valence-electron chi connectivity index (χ1n) is 10.5. The summed E-state index contributed by atoms with van der Waals surface area (Å²) in [6.07, 6.45) is 1.86. The number of carbonyl (C=O) groups is 2. The number of para-hydroxylation sites is 1. The highest BCUT2D eigenvalue weighted by molar-refractivity contribution is 6.01. The van der Waals surface area contributed by atoms with Gasteiger partial charge in [0.05, 0.1) is 23.4 Å². The van der Waals surface area contributed by atoms with Gasteiger partial charge in [0.1, 0.15) is 18.9 Å². The first kappa shape index (κ1) is 21.2. The molecule has 3 aromatic carbocycles. The van der Waals surface area contributed by atoms with Crippen molar-refractivity contribution in [3.05, 3.63) is 96.2 Å². The van der Waals surface area contributed by atoms with E-state index in [1.807, 2.05) is 65.4 Å². The van der Waals surface area contributed by atoms with E-state index in [1.54, 1.807) is 31.2 Å². The van der Waals surface area contributed by atoms with Crippen LogP contribution in [0.15, 0.2) is 85.1 Å². The smallest absolute Gasteiger partial charge is 0.340 e. The van der Waals surface area contributed by atoms with Crippen molar-refractivity contribution >= 4 is 28.5 Å². The Morgan fingerprint density at radius 2 is 1.69 bits per heavy atom. The van der Waals surface area contributed by atoms with Crippen molar-refractivity contribution < 1.29 is 19.1 Å². The lowest BCUT2D eigenvalue weighted by Gasteiger charge is -2.12. The van der Waals surface area contributed by atoms with Crippen LogP contribution in [0.3, 0.4) is 0 Å². The van der Waals surface area contributed by atoms with Gasteiger partial charge in [0.15, 0.2) is 0 Å². The largest absolute Gasteiger partial charge is 0.488 e. The van der Waals surface area contributed by atoms with Crippen molar-refractivity contribution in [3.63, 3.8) is 0 Å². The highest BCUT2D eigenvalue weighted by Gasteiger charge is 2.15. The minimum Gasteiger partial charge on any atom is -0.488 e. The lowest BCUT2D eigenvalue weighted by molar-refractivity contribution is -0.116. The monoisotopic (exact) mass is 428 g/mol. The van der Waals surface area contributed by atoms with Crippen LogP contribution in [0.25, 0.3) is 10.9 Å². The summed E-state index contributed by atoms with van der Waals surface area (Å²) in [4.78, 5) is 24.9. The molecule has 6 nitrogen and oxygen atoms in total. The van der Waals surface area contributed by atoms with E-state index in [0.29, 0.717) is 17.9 Å². The molecule has 1 N–H and O–H groups in total. The van der Waals surface area contributed by atoms with Crippen molar-refractivity contribution in [1.29, 1.82) is 0 Å². The number of carbonyl (C=O) groups excluding carboxylic acids is 2. The van der Waals surface area contributed by atoms with E-state index in [2.05, 4.69) is 5.32 Å². The number of benzene rings is 3. The van der Waals surface area contributed by atoms with Crippen LogP contribution in [-0.4, -0.2) is 23.1 Å². The molecule has 0 saturated carbocycles. The molecule has 1 heterocycles. The summed E-state index contributed by atoms with van der Waals surface area (Å²) in [5.74, 6) is 0.0584. The lowest BCUT2D eigenvalue weighted by atomic mass is 10.2. The Kier molecular flexibility index (Phi) is 6.51. The molecular weight excluding hydrogens is 404 g/mol. The Bertz CT molecular complexity index is 1230. The second kappa shape index (κ2) is 9.83. The first-order valence-corrected chi connectivity index (χ1v) is 10.5. The highest BCUT2D eigenvalue weighted by atomic mass is 16.5. The van der Waals surface area contributed by atoms with Crippen molar-refractivity contribution in [3.8, 4) is 5.75 Å². The third-order valence-electron chi connectivity index (χ3n) is 5.02. The van der Waals surface area contributed by atoms with Crippen molar-refractivity contribution in [1.82, 2.24) is 4.57 Å². The Morgan fingerprint density at radius 1 is 0.906 bits per heavy atom. The molecule has 32 heavy (non-hydrogen) atoms. The van der Waals surface area contributed by atoms with Crippen LogP contribution in [0.5, 0.6) is 5.75 Å². The lowest BCUT2D eigenvalue weighted by Crippen LogP contribution is -2.20. The van der Waals surface area contributed by atoms with Crippen molar-refractivity contribution in [2.45, 2.75) is 20.1 Å². The third kappa shape index (κ3) is 4.81. The SMILES string of the molecule is CCOC(=O)c1ccccc1NC(=O)Cn1ccc2c(OCc3ccccc3)cccc21. The van der Waals surface area contributed by atoms with E-state index in [4.69, 9.17) is 9.47 Å². The molecule has 0 aliphatic carbocycles. The minimum atomic E-state index is -0.463. The molecule has 1 amide bonds. The van der Waals surface area contributed by atoms with Gasteiger partial charge in [0, 0.05) is 11.6 Å². The maximum Gasteiger partial charge on any atom is 0.340 e. The van der Waals surface area contributed by atoms with Gasteiger partial charge in [0.25, 0.3) is 0 Å². The molecule has 0 unspecified atom stereocenters. The Hall–Kier alpha value is -4.06. The molecular formula is C26H24N2O4. The van der Waals surface area contributed by atoms with Crippen LogP contribution >= 0.6 is 0 Å². The average Bonchev–Trinajstić information content (AvgIpc) is 3.22. The van der Waals surface area contributed by atoms with Crippen LogP contribution in [-0.2, 0) is 22.7 Å². The van der Waals surface area contributed by atoms with E-state index in [0.717, 1.165) is 22.2 Å². The number of hydrogen-bond donors (Lipinski definition) is 1. The standard InChI is InChI=1S/C26H24N2O4/c1-2-31-26(30)20-11-6-7-12-22(20)27-25(29)17-28-16-15-21-23(28)13-8-14-24(21)32-18-19-9-4-3-5-10-19/h3-16H,2,17-18H2,1H3,(H,27,29). The zero-order chi connectivity index (χ0) is 22.3. The highest BCUT2D eigenvalue weighted by Crippen LogP contribution is 2.27. The first-order chi connectivity index (χ1) is 15.7. The van der Waals surface area contributed by atoms with Gasteiger partial charge in [0.2, 0.25) is 5.91 Å². The molecule has 4 aromatic rings. The number of aromatic nitrogens is 1. The molecule has 0 fully saturated rings. The van der Waals surface area contributed by atoms with Crippen LogP contribution in [0.1, 0.15) is 22.8 Å². The van der Waals surface area contributed by atoms with Gasteiger partial charge >= 0.3 is 5.97 Å². The summed E-state index contributed by atoms with van der Waals surface area (Å²) in [7, 11) is 0. The van der Waals surface area contributed by atoms with Crippen LogP contribution in [0.2, 0.25) is 0 Å². The predicted molar refractivity (Wildman–Crippen MR) is 124 cm³/mol. The Labute approximate surface area is 186 Å². The number of rotatable bonds is 8. The number of esters is 1. The summed E-state index contributed by atoms with van der Waals surface area (Å²) in [6.45, 7) is 2.58. The number of hydrogen-bond acceptors (Lipinski definition) is 4. The van der Waals surface area contributed by atoms with Gasteiger partial charge in [-0.3, -0.25) is 4.79 Å². The summed E-state index contributed by atoms with van der Waals surface area (Å²) in [6, 6.07) is 24.5. The molecule has 0 aliphatic rings. The number of nitrogens with zero attached hydrogens (tertiary/aromatic N) is 1. The Morgan fingerprint density at radius 3 is 2.50 bits per heavy atom. The Balaban J connectivity index is 1.48. The summed E-state index contributed by atoms with van der Waals surface area (Å²) < 4.78 is 12.9. The maximum absolute atomic E-state index is 12.7. The predicted octanol–water partition coefficient (Wildman–Crippen LogP) is 5.04. The van der Waals surface area contributed by atoms with Crippen LogP contribution in [0, 0.1) is 0 Å². The molecule has 6 heteroatoms. The van der Waals surface area contributed by atoms with Crippen molar-refractivity contribution in [2.75, 3.05) is 11.9 Å². The van der Waals surface area contributed by atoms with Crippen molar-refractivity contribution in [2.24, 2.45) is 0 Å². The second-order valence-electron chi connectivity index (χ2n) is 7.22. The summed E-state index contributed by atoms with van der Waals surface area (Å²) in [5.41, 5.74) is 2.74. The zero-order valence-corrected chi connectivity index (χ0v) is 17.8. The van der Waals surface area contributed by atoms with Crippen LogP contribution in [0.4, 0.5) is 5.69 Å². The van der Waals surface area contributed by atoms with E-state index < -0.39 is 5.97 Å². The second-order valence-corrected chi connectivity index (χ2v) is 7.22. The minimum absolute atomic E-state index is 0.1000. The normalized spacial score (nSPS) is 10.7. The molecule has 1 aromatic heterocycles. The topological polar surface area (TPSA) is 69.6 Å². The van der Waals surface area contributed by atoms with Gasteiger partial charge in [-0.25, -0.2) is 4.79 Å². The van der Waals surface area contributed by atoms with Gasteiger partial charge in [-0.1, -0.05) is 48.5 Å². The van der Waals surface area contributed by atoms with Crippen LogP contribution < -0.4 is 10.1 Å². The van der Waals surface area contributed by atoms with Gasteiger partial charge in [-0.15, -0.1) is 0 Å². The number of anilines is 1. The van der Waals surface area contributed by atoms with E-state index in [9.17, 15) is 9.59 Å². The molecule has 0 saturated heterocycles. The van der Waals surface area contributed by atoms with E-state index >= 15 is 0 Å². The van der Waals surface area contributed by atoms with Gasteiger partial charge in [-0.2, -0.15) is 0 Å². The molecule has 0 aliphatic heterocycles. The fraction of sp³-hybridized carbons (Fsp3) is 0.154. The van der Waals surface area contributed by atoms with Gasteiger partial charge in [-0.05, 0) is 42.8 Å². The maximum atomic E-state index is 12.7. The fourth-order valence-corrected chi connectivity index (χ4v) is 3.52. The molecule has 0 bridgehead atoms. The number of amides is 1. The molecule has 0 radical (unpaired) electrons. The van der Waals surface area contributed by atoms with E-state index in [1.165, 1.54) is 0 Å². The summed E-state index contributed by atoms with van der Waals surface area (Å²) >= 11 is 0. The number of fused-ring (bicyclic) bond motifs is 1. The molecule has 0 spiro atoms. The molecule has 162 valence electrons. The average molecular weight is 428 g/mol. The molecule has 0 atom stereocenters. The fourth-order valence-electron chi connectivity index (χ4n) is 3.52. The van der Waals surface area contributed by atoms with Gasteiger partial charge < -0.3 is 19.4 Å².